The third-order valence-corrected chi connectivity index (χ3v) is 12.5. The second-order valence-corrected chi connectivity index (χ2v) is 14.8. The number of pyridine rings is 2. The third-order valence-electron chi connectivity index (χ3n) is 11.3. The van der Waals surface area contributed by atoms with E-state index in [0.717, 1.165) is 22.6 Å². The summed E-state index contributed by atoms with van der Waals surface area (Å²) in [7, 11) is 0. The van der Waals surface area contributed by atoms with Crippen LogP contribution in [0, 0.1) is 0 Å². The molecule has 0 fully saturated rings. The molecule has 4 aromatic heterocycles. The lowest BCUT2D eigenvalue weighted by molar-refractivity contribution is 0.716. The van der Waals surface area contributed by atoms with Crippen molar-refractivity contribution in [3.63, 3.8) is 0 Å². The molecule has 0 amide bonds. The normalized spacial score (nSPS) is 15.7. The summed E-state index contributed by atoms with van der Waals surface area (Å²) in [6.45, 7) is 0. The van der Waals surface area contributed by atoms with E-state index in [1.165, 1.54) is 75.8 Å². The summed E-state index contributed by atoms with van der Waals surface area (Å²) in [6.07, 6.45) is 3.94. The van der Waals surface area contributed by atoms with Crippen LogP contribution in [0.4, 0.5) is 0 Å². The van der Waals surface area contributed by atoms with Gasteiger partial charge in [-0.2, -0.15) is 0 Å². The van der Waals surface area contributed by atoms with E-state index in [4.69, 9.17) is 9.97 Å². The predicted octanol–water partition coefficient (Wildman–Crippen LogP) is 11.5. The van der Waals surface area contributed by atoms with Gasteiger partial charge in [0.15, 0.2) is 0 Å². The summed E-state index contributed by atoms with van der Waals surface area (Å²) in [5.74, 6) is 0. The Balaban J connectivity index is 1.21. The summed E-state index contributed by atoms with van der Waals surface area (Å²) in [5.41, 5.74) is 13.1. The average Bonchev–Trinajstić information content (AvgIpc) is 3.82. The second-order valence-electron chi connectivity index (χ2n) is 13.7. The first-order valence-electron chi connectivity index (χ1n) is 17.7. The first-order valence-corrected chi connectivity index (χ1v) is 18.5. The minimum absolute atomic E-state index is 0.632. The lowest BCUT2D eigenvalue weighted by atomic mass is 9.67. The van der Waals surface area contributed by atoms with E-state index >= 15 is 0 Å². The quantitative estimate of drug-likeness (QED) is 0.182. The van der Waals surface area contributed by atoms with Crippen molar-refractivity contribution in [3.8, 4) is 22.8 Å². The number of aromatic nitrogens is 4. The topological polar surface area (TPSA) is 35.6 Å². The summed E-state index contributed by atoms with van der Waals surface area (Å²) < 4.78 is 4.84. The smallest absolute Gasteiger partial charge is 0.0939 e. The number of rotatable bonds is 2. The monoisotopic (exact) mass is 680 g/mol. The molecule has 1 spiro atoms. The number of benzene rings is 6. The highest BCUT2D eigenvalue weighted by atomic mass is 32.2. The molecule has 10 aromatic rings. The van der Waals surface area contributed by atoms with Gasteiger partial charge in [-0.15, -0.1) is 0 Å². The lowest BCUT2D eigenvalue weighted by Crippen LogP contribution is -2.32. The Bertz CT molecular complexity index is 3030. The molecular formula is C47H28N4S. The molecule has 0 bridgehead atoms. The van der Waals surface area contributed by atoms with Gasteiger partial charge in [0.2, 0.25) is 0 Å². The Morgan fingerprint density at radius 2 is 0.981 bits per heavy atom. The van der Waals surface area contributed by atoms with Gasteiger partial charge < -0.3 is 9.13 Å². The van der Waals surface area contributed by atoms with E-state index in [2.05, 4.69) is 167 Å². The van der Waals surface area contributed by atoms with Crippen molar-refractivity contribution in [1.29, 1.82) is 0 Å². The minimum atomic E-state index is -0.632. The molecule has 1 unspecified atom stereocenters. The van der Waals surface area contributed by atoms with Gasteiger partial charge in [-0.1, -0.05) is 121 Å². The Morgan fingerprint density at radius 3 is 1.65 bits per heavy atom. The Morgan fingerprint density at radius 1 is 0.442 bits per heavy atom. The van der Waals surface area contributed by atoms with Gasteiger partial charge in [0.25, 0.3) is 0 Å². The van der Waals surface area contributed by atoms with Crippen LogP contribution in [0.25, 0.3) is 66.4 Å². The Labute approximate surface area is 303 Å². The molecule has 0 N–H and O–H groups in total. The molecule has 52 heavy (non-hydrogen) atoms. The van der Waals surface area contributed by atoms with Crippen molar-refractivity contribution in [2.75, 3.05) is 0 Å². The zero-order chi connectivity index (χ0) is 34.0. The second kappa shape index (κ2) is 10.3. The molecule has 1 aliphatic heterocycles. The highest BCUT2D eigenvalue weighted by Gasteiger charge is 2.52. The van der Waals surface area contributed by atoms with Crippen molar-refractivity contribution in [2.24, 2.45) is 0 Å². The van der Waals surface area contributed by atoms with Crippen molar-refractivity contribution in [1.82, 2.24) is 19.1 Å². The molecule has 5 heteroatoms. The molecule has 2 aliphatic rings. The molecule has 12 rings (SSSR count). The molecular weight excluding hydrogens is 653 g/mol. The van der Waals surface area contributed by atoms with Crippen LogP contribution in [0.5, 0.6) is 0 Å². The molecule has 1 atom stereocenters. The molecule has 242 valence electrons. The van der Waals surface area contributed by atoms with E-state index < -0.39 is 5.41 Å². The number of hydrogen-bond acceptors (Lipinski definition) is 3. The van der Waals surface area contributed by atoms with Crippen molar-refractivity contribution in [3.05, 3.63) is 192 Å². The van der Waals surface area contributed by atoms with Crippen molar-refractivity contribution >= 4 is 55.4 Å². The van der Waals surface area contributed by atoms with E-state index in [1.807, 2.05) is 24.2 Å². The zero-order valence-corrected chi connectivity index (χ0v) is 28.7. The van der Waals surface area contributed by atoms with Gasteiger partial charge in [0.05, 0.1) is 56.4 Å². The highest BCUT2D eigenvalue weighted by molar-refractivity contribution is 7.99. The summed E-state index contributed by atoms with van der Waals surface area (Å²) in [4.78, 5) is 12.9. The van der Waals surface area contributed by atoms with Crippen LogP contribution in [0.1, 0.15) is 22.3 Å². The largest absolute Gasteiger partial charge is 0.308 e. The average molecular weight is 681 g/mol. The summed E-state index contributed by atoms with van der Waals surface area (Å²) in [5, 5.41) is 4.98. The van der Waals surface area contributed by atoms with Gasteiger partial charge in [0.1, 0.15) is 0 Å². The Kier molecular flexibility index (Phi) is 5.61. The van der Waals surface area contributed by atoms with Crippen molar-refractivity contribution in [2.45, 2.75) is 15.2 Å². The molecule has 5 heterocycles. The van der Waals surface area contributed by atoms with Gasteiger partial charge >= 0.3 is 0 Å². The molecule has 0 saturated heterocycles. The maximum absolute atomic E-state index is 5.32. The van der Waals surface area contributed by atoms with Gasteiger partial charge in [-0.3, -0.25) is 9.97 Å². The maximum Gasteiger partial charge on any atom is 0.0939 e. The molecule has 1 aliphatic carbocycles. The fourth-order valence-electron chi connectivity index (χ4n) is 9.28. The van der Waals surface area contributed by atoms with Gasteiger partial charge in [-0.25, -0.2) is 0 Å². The van der Waals surface area contributed by atoms with E-state index in [9.17, 15) is 0 Å². The van der Waals surface area contributed by atoms with Crippen LogP contribution in [-0.4, -0.2) is 19.1 Å². The van der Waals surface area contributed by atoms with Gasteiger partial charge in [-0.05, 0) is 65.2 Å². The maximum atomic E-state index is 5.32. The summed E-state index contributed by atoms with van der Waals surface area (Å²) in [6, 6.07) is 57.5. The number of nitrogens with zero attached hydrogens (tertiary/aromatic N) is 4. The van der Waals surface area contributed by atoms with Crippen molar-refractivity contribution < 1.29 is 0 Å². The van der Waals surface area contributed by atoms with Crippen LogP contribution >= 0.6 is 11.8 Å². The van der Waals surface area contributed by atoms with Crippen LogP contribution in [0.2, 0.25) is 0 Å². The fraction of sp³-hybridized carbons (Fsp3) is 0.0213. The van der Waals surface area contributed by atoms with Gasteiger partial charge in [0, 0.05) is 43.1 Å². The van der Waals surface area contributed by atoms with Crippen LogP contribution in [0.3, 0.4) is 0 Å². The van der Waals surface area contributed by atoms with E-state index in [-0.39, 0.29) is 0 Å². The van der Waals surface area contributed by atoms with Crippen LogP contribution in [-0.2, 0) is 5.41 Å². The van der Waals surface area contributed by atoms with E-state index in [1.54, 1.807) is 0 Å². The molecule has 0 radical (unpaired) electrons. The first kappa shape index (κ1) is 28.3. The van der Waals surface area contributed by atoms with Crippen LogP contribution < -0.4 is 0 Å². The molecule has 6 aromatic carbocycles. The third kappa shape index (κ3) is 3.48. The number of para-hydroxylation sites is 4. The molecule has 0 saturated carbocycles. The molecule has 4 nitrogen and oxygen atoms in total. The zero-order valence-electron chi connectivity index (χ0n) is 27.9. The highest BCUT2D eigenvalue weighted by Crippen LogP contribution is 2.62. The number of fused-ring (bicyclic) bond motifs is 15. The van der Waals surface area contributed by atoms with Crippen LogP contribution in [0.15, 0.2) is 180 Å². The Hall–Kier alpha value is -6.43. The minimum Gasteiger partial charge on any atom is -0.308 e. The SMILES string of the molecule is c1ccc2c(c1)Sc1c(-n3c4ccccc4c4ccccc43)cccc1C21c2cccnc2-c2ncc(-n3c4ccccc4c4ccccc43)cc21. The summed E-state index contributed by atoms with van der Waals surface area (Å²) >= 11 is 1.87. The fourth-order valence-corrected chi connectivity index (χ4v) is 10.6. The lowest BCUT2D eigenvalue weighted by Gasteiger charge is -2.40. The van der Waals surface area contributed by atoms with E-state index in [0.29, 0.717) is 0 Å². The predicted molar refractivity (Wildman–Crippen MR) is 212 cm³/mol. The standard InChI is InChI=1S/C47H28N4S/c1-6-20-38-30(13-1)31-14-2-7-21-39(31)50(38)29-27-37-45(49-28-29)44-35(19-12-26-48-44)47(37)34-17-5-10-25-43(34)52-46-36(47)18-11-24-42(46)51-40-22-8-3-15-32(40)33-16-4-9-23-41(33)51/h1-28H. The number of hydrogen-bond donors (Lipinski definition) is 0. The first-order chi connectivity index (χ1) is 25.8.